The number of carbonyl (C=O) groups is 2. The van der Waals surface area contributed by atoms with Gasteiger partial charge in [-0.3, -0.25) is 14.5 Å². The Balaban J connectivity index is 1.30. The van der Waals surface area contributed by atoms with Gasteiger partial charge in [-0.25, -0.2) is 0 Å². The summed E-state index contributed by atoms with van der Waals surface area (Å²) in [4.78, 5) is 28.8. The fourth-order valence-electron chi connectivity index (χ4n) is 4.48. The maximum Gasteiger partial charge on any atom is 0.234 e. The number of amides is 2. The van der Waals surface area contributed by atoms with E-state index < -0.39 is 0 Å². The maximum absolute atomic E-state index is 12.4. The molecule has 2 saturated heterocycles. The SMILES string of the molecule is CC1CCC(NC(=O)CN2CCN(C(=O)CCC3CCNC3)CC2)CC1. The van der Waals surface area contributed by atoms with Crippen molar-refractivity contribution in [1.29, 1.82) is 0 Å². The topological polar surface area (TPSA) is 64.7 Å². The molecule has 0 aromatic rings. The predicted molar refractivity (Wildman–Crippen MR) is 103 cm³/mol. The van der Waals surface area contributed by atoms with Crippen LogP contribution in [-0.4, -0.2) is 73.5 Å². The van der Waals surface area contributed by atoms with Gasteiger partial charge < -0.3 is 15.5 Å². The van der Waals surface area contributed by atoms with Crippen LogP contribution in [0.5, 0.6) is 0 Å². The summed E-state index contributed by atoms with van der Waals surface area (Å²) in [5.41, 5.74) is 0. The minimum atomic E-state index is 0.151. The molecule has 2 N–H and O–H groups in total. The van der Waals surface area contributed by atoms with E-state index in [0.717, 1.165) is 64.4 Å². The van der Waals surface area contributed by atoms with Gasteiger partial charge in [0, 0.05) is 38.6 Å². The van der Waals surface area contributed by atoms with Crippen molar-refractivity contribution in [3.63, 3.8) is 0 Å². The maximum atomic E-state index is 12.4. The summed E-state index contributed by atoms with van der Waals surface area (Å²) in [7, 11) is 0. The summed E-state index contributed by atoms with van der Waals surface area (Å²) in [6.07, 6.45) is 7.57. The van der Waals surface area contributed by atoms with Crippen LogP contribution in [-0.2, 0) is 9.59 Å². The number of hydrogen-bond donors (Lipinski definition) is 2. The van der Waals surface area contributed by atoms with Crippen LogP contribution >= 0.6 is 0 Å². The van der Waals surface area contributed by atoms with Gasteiger partial charge in [0.2, 0.25) is 11.8 Å². The average Bonchev–Trinajstić information content (AvgIpc) is 3.16. The molecular formula is C20H36N4O2. The van der Waals surface area contributed by atoms with Crippen LogP contribution in [0.2, 0.25) is 0 Å². The second-order valence-electron chi connectivity index (χ2n) is 8.58. The molecule has 1 unspecified atom stereocenters. The van der Waals surface area contributed by atoms with Crippen LogP contribution in [0.4, 0.5) is 0 Å². The van der Waals surface area contributed by atoms with Gasteiger partial charge in [-0.2, -0.15) is 0 Å². The van der Waals surface area contributed by atoms with E-state index in [2.05, 4.69) is 22.5 Å². The van der Waals surface area contributed by atoms with Crippen molar-refractivity contribution in [3.05, 3.63) is 0 Å². The highest BCUT2D eigenvalue weighted by Crippen LogP contribution is 2.23. The molecule has 0 aromatic carbocycles. The Kier molecular flexibility index (Phi) is 7.32. The van der Waals surface area contributed by atoms with E-state index >= 15 is 0 Å². The van der Waals surface area contributed by atoms with E-state index in [4.69, 9.17) is 0 Å². The third-order valence-electron chi connectivity index (χ3n) is 6.40. The first-order valence-corrected chi connectivity index (χ1v) is 10.6. The molecule has 2 heterocycles. The smallest absolute Gasteiger partial charge is 0.234 e. The van der Waals surface area contributed by atoms with Crippen LogP contribution in [0.25, 0.3) is 0 Å². The Morgan fingerprint density at radius 1 is 1.04 bits per heavy atom. The van der Waals surface area contributed by atoms with E-state index in [0.29, 0.717) is 24.9 Å². The van der Waals surface area contributed by atoms with Crippen molar-refractivity contribution >= 4 is 11.8 Å². The number of carbonyl (C=O) groups excluding carboxylic acids is 2. The van der Waals surface area contributed by atoms with Crippen molar-refractivity contribution in [2.75, 3.05) is 45.8 Å². The van der Waals surface area contributed by atoms with Crippen LogP contribution in [0.3, 0.4) is 0 Å². The molecule has 0 radical (unpaired) electrons. The van der Waals surface area contributed by atoms with E-state index in [1.54, 1.807) is 0 Å². The Bertz CT molecular complexity index is 462. The van der Waals surface area contributed by atoms with E-state index in [9.17, 15) is 9.59 Å². The molecule has 0 spiro atoms. The number of nitrogens with one attached hydrogen (secondary N) is 2. The molecular weight excluding hydrogens is 328 g/mol. The molecule has 0 bridgehead atoms. The molecule has 1 aliphatic carbocycles. The molecule has 2 aliphatic heterocycles. The monoisotopic (exact) mass is 364 g/mol. The van der Waals surface area contributed by atoms with Gasteiger partial charge in [0.25, 0.3) is 0 Å². The second kappa shape index (κ2) is 9.70. The highest BCUT2D eigenvalue weighted by molar-refractivity contribution is 5.78. The van der Waals surface area contributed by atoms with Gasteiger partial charge >= 0.3 is 0 Å². The number of hydrogen-bond acceptors (Lipinski definition) is 4. The molecule has 1 atom stereocenters. The van der Waals surface area contributed by atoms with E-state index in [-0.39, 0.29) is 11.8 Å². The molecule has 6 heteroatoms. The summed E-state index contributed by atoms with van der Waals surface area (Å²) < 4.78 is 0. The number of piperazine rings is 1. The van der Waals surface area contributed by atoms with Gasteiger partial charge in [0.05, 0.1) is 6.54 Å². The summed E-state index contributed by atoms with van der Waals surface area (Å²) in [6, 6.07) is 0.367. The lowest BCUT2D eigenvalue weighted by Gasteiger charge is -2.35. The summed E-state index contributed by atoms with van der Waals surface area (Å²) in [5.74, 6) is 1.92. The van der Waals surface area contributed by atoms with Crippen LogP contribution in [0, 0.1) is 11.8 Å². The van der Waals surface area contributed by atoms with Gasteiger partial charge in [-0.05, 0) is 63.5 Å². The molecule has 3 rings (SSSR count). The van der Waals surface area contributed by atoms with E-state index in [1.165, 1.54) is 19.3 Å². The molecule has 3 aliphatic rings. The largest absolute Gasteiger partial charge is 0.352 e. The first-order chi connectivity index (χ1) is 12.6. The van der Waals surface area contributed by atoms with Gasteiger partial charge in [0.15, 0.2) is 0 Å². The number of rotatable bonds is 6. The Labute approximate surface area is 158 Å². The molecule has 26 heavy (non-hydrogen) atoms. The molecule has 6 nitrogen and oxygen atoms in total. The standard InChI is InChI=1S/C20H36N4O2/c1-16-2-5-18(6-3-16)22-19(25)15-23-10-12-24(13-11-23)20(26)7-4-17-8-9-21-14-17/h16-18,21H,2-15H2,1H3,(H,22,25). The molecule has 2 amide bonds. The average molecular weight is 365 g/mol. The first kappa shape index (κ1) is 19.6. The zero-order chi connectivity index (χ0) is 18.4. The zero-order valence-electron chi connectivity index (χ0n) is 16.3. The van der Waals surface area contributed by atoms with Crippen molar-refractivity contribution in [2.45, 2.75) is 57.9 Å². The van der Waals surface area contributed by atoms with Crippen LogP contribution in [0.15, 0.2) is 0 Å². The fraction of sp³-hybridized carbons (Fsp3) is 0.900. The van der Waals surface area contributed by atoms with E-state index in [1.807, 2.05) is 4.90 Å². The van der Waals surface area contributed by atoms with Crippen molar-refractivity contribution in [3.8, 4) is 0 Å². The fourth-order valence-corrected chi connectivity index (χ4v) is 4.48. The van der Waals surface area contributed by atoms with Crippen molar-refractivity contribution in [2.24, 2.45) is 11.8 Å². The lowest BCUT2D eigenvalue weighted by atomic mass is 9.87. The highest BCUT2D eigenvalue weighted by Gasteiger charge is 2.25. The molecule has 3 fully saturated rings. The van der Waals surface area contributed by atoms with Crippen LogP contribution in [0.1, 0.15) is 51.9 Å². The predicted octanol–water partition coefficient (Wildman–Crippen LogP) is 1.22. The quantitative estimate of drug-likeness (QED) is 0.744. The Morgan fingerprint density at radius 2 is 1.77 bits per heavy atom. The lowest BCUT2D eigenvalue weighted by Crippen LogP contribution is -2.52. The highest BCUT2D eigenvalue weighted by atomic mass is 16.2. The van der Waals surface area contributed by atoms with Gasteiger partial charge in [-0.1, -0.05) is 6.92 Å². The molecule has 1 saturated carbocycles. The first-order valence-electron chi connectivity index (χ1n) is 10.6. The minimum absolute atomic E-state index is 0.151. The van der Waals surface area contributed by atoms with Crippen LogP contribution < -0.4 is 10.6 Å². The third-order valence-corrected chi connectivity index (χ3v) is 6.40. The van der Waals surface area contributed by atoms with Gasteiger partial charge in [-0.15, -0.1) is 0 Å². The zero-order valence-corrected chi connectivity index (χ0v) is 16.3. The Morgan fingerprint density at radius 3 is 2.42 bits per heavy atom. The summed E-state index contributed by atoms with van der Waals surface area (Å²) in [6.45, 7) is 8.07. The van der Waals surface area contributed by atoms with Gasteiger partial charge in [0.1, 0.15) is 0 Å². The summed E-state index contributed by atoms with van der Waals surface area (Å²) >= 11 is 0. The Hall–Kier alpha value is -1.14. The lowest BCUT2D eigenvalue weighted by molar-refractivity contribution is -0.133. The van der Waals surface area contributed by atoms with Crippen molar-refractivity contribution < 1.29 is 9.59 Å². The third kappa shape index (κ3) is 5.95. The minimum Gasteiger partial charge on any atom is -0.352 e. The normalized spacial score (nSPS) is 30.3. The van der Waals surface area contributed by atoms with Crippen molar-refractivity contribution in [1.82, 2.24) is 20.4 Å². The molecule has 148 valence electrons. The summed E-state index contributed by atoms with van der Waals surface area (Å²) in [5, 5.41) is 6.57. The second-order valence-corrected chi connectivity index (χ2v) is 8.58. The number of nitrogens with zero attached hydrogens (tertiary/aromatic N) is 2. The molecule has 0 aromatic heterocycles.